The van der Waals surface area contributed by atoms with E-state index in [1.54, 1.807) is 6.07 Å². The molecule has 3 rings (SSSR count). The lowest BCUT2D eigenvalue weighted by atomic mass is 10.1. The van der Waals surface area contributed by atoms with Gasteiger partial charge in [-0.05, 0) is 18.2 Å². The van der Waals surface area contributed by atoms with Crippen LogP contribution in [-0.4, -0.2) is 14.2 Å². The van der Waals surface area contributed by atoms with Gasteiger partial charge in [-0.15, -0.1) is 0 Å². The number of rotatable bonds is 2. The van der Waals surface area contributed by atoms with E-state index in [-0.39, 0.29) is 21.9 Å². The van der Waals surface area contributed by atoms with Crippen molar-refractivity contribution in [2.24, 2.45) is 0 Å². The van der Waals surface area contributed by atoms with Gasteiger partial charge in [0.25, 0.3) is 0 Å². The van der Waals surface area contributed by atoms with E-state index in [1.165, 1.54) is 26.4 Å². The van der Waals surface area contributed by atoms with Crippen molar-refractivity contribution in [1.82, 2.24) is 0 Å². The van der Waals surface area contributed by atoms with Crippen LogP contribution in [0.4, 0.5) is 8.78 Å². The fourth-order valence-corrected chi connectivity index (χ4v) is 2.26. The molecule has 4 nitrogen and oxygen atoms in total. The maximum absolute atomic E-state index is 14.2. The van der Waals surface area contributed by atoms with Crippen LogP contribution in [0.1, 0.15) is 0 Å². The van der Waals surface area contributed by atoms with E-state index < -0.39 is 22.8 Å². The summed E-state index contributed by atoms with van der Waals surface area (Å²) in [6, 6.07) is 5.38. The maximum Gasteiger partial charge on any atom is 0.344 e. The van der Waals surface area contributed by atoms with Gasteiger partial charge < -0.3 is 13.9 Å². The summed E-state index contributed by atoms with van der Waals surface area (Å²) >= 11 is 0. The Bertz CT molecular complexity index is 915. The first kappa shape index (κ1) is 13.4. The van der Waals surface area contributed by atoms with E-state index in [9.17, 15) is 13.6 Å². The minimum absolute atomic E-state index is 0.106. The van der Waals surface area contributed by atoms with Crippen LogP contribution in [0, 0.1) is 11.6 Å². The zero-order valence-electron chi connectivity index (χ0n) is 11.2. The van der Waals surface area contributed by atoms with Crippen LogP contribution in [0.15, 0.2) is 33.5 Å². The molecule has 0 unspecified atom stereocenters. The number of hydrogen-bond acceptors (Lipinski definition) is 4. The lowest BCUT2D eigenvalue weighted by molar-refractivity contribution is 0.380. The highest BCUT2D eigenvalue weighted by Crippen LogP contribution is 2.33. The van der Waals surface area contributed by atoms with Crippen LogP contribution in [0.2, 0.25) is 0 Å². The highest BCUT2D eigenvalue weighted by molar-refractivity contribution is 6.05. The van der Waals surface area contributed by atoms with Crippen molar-refractivity contribution in [3.8, 4) is 11.5 Å². The zero-order chi connectivity index (χ0) is 15.1. The molecule has 0 fully saturated rings. The molecule has 108 valence electrons. The standard InChI is InChI=1S/C15H10F2O4/c1-19-7-3-4-8-9(5-7)15(18)21-14-12(8)10(16)6-11(20-2)13(14)17/h3-6H,1-2H3. The van der Waals surface area contributed by atoms with Gasteiger partial charge in [0.05, 0.1) is 25.0 Å². The molecule has 0 atom stereocenters. The molecule has 0 amide bonds. The van der Waals surface area contributed by atoms with Gasteiger partial charge in [-0.3, -0.25) is 0 Å². The summed E-state index contributed by atoms with van der Waals surface area (Å²) in [6.07, 6.45) is 0. The van der Waals surface area contributed by atoms with Crippen molar-refractivity contribution in [2.45, 2.75) is 0 Å². The maximum atomic E-state index is 14.2. The lowest BCUT2D eigenvalue weighted by Gasteiger charge is -2.08. The zero-order valence-corrected chi connectivity index (χ0v) is 11.2. The quantitative estimate of drug-likeness (QED) is 0.537. The SMILES string of the molecule is COc1ccc2c(c1)c(=O)oc1c(F)c(OC)cc(F)c12. The normalized spacial score (nSPS) is 11.0. The summed E-state index contributed by atoms with van der Waals surface area (Å²) in [4.78, 5) is 12.0. The first-order valence-corrected chi connectivity index (χ1v) is 6.03. The molecule has 0 saturated carbocycles. The van der Waals surface area contributed by atoms with Gasteiger partial charge in [0.2, 0.25) is 5.82 Å². The molecule has 0 radical (unpaired) electrons. The number of hydrogen-bond donors (Lipinski definition) is 0. The lowest BCUT2D eigenvalue weighted by Crippen LogP contribution is -2.03. The first-order chi connectivity index (χ1) is 10.1. The number of benzene rings is 2. The molecule has 0 saturated heterocycles. The molecule has 3 aromatic rings. The summed E-state index contributed by atoms with van der Waals surface area (Å²) in [7, 11) is 2.64. The minimum atomic E-state index is -0.913. The highest BCUT2D eigenvalue weighted by Gasteiger charge is 2.19. The molecule has 0 aliphatic carbocycles. The molecule has 1 aromatic heterocycles. The number of fused-ring (bicyclic) bond motifs is 3. The van der Waals surface area contributed by atoms with Crippen LogP contribution in [0.25, 0.3) is 21.7 Å². The Morgan fingerprint density at radius 2 is 1.81 bits per heavy atom. The highest BCUT2D eigenvalue weighted by atomic mass is 19.1. The smallest absolute Gasteiger partial charge is 0.344 e. The molecular weight excluding hydrogens is 282 g/mol. The van der Waals surface area contributed by atoms with Crippen LogP contribution in [0.5, 0.6) is 11.5 Å². The van der Waals surface area contributed by atoms with Crippen LogP contribution < -0.4 is 15.1 Å². The Morgan fingerprint density at radius 3 is 2.48 bits per heavy atom. The predicted molar refractivity (Wildman–Crippen MR) is 73.0 cm³/mol. The molecule has 2 aromatic carbocycles. The van der Waals surface area contributed by atoms with Crippen molar-refractivity contribution in [2.75, 3.05) is 14.2 Å². The van der Waals surface area contributed by atoms with Gasteiger partial charge >= 0.3 is 5.63 Å². The van der Waals surface area contributed by atoms with Gasteiger partial charge in [-0.1, -0.05) is 0 Å². The van der Waals surface area contributed by atoms with Crippen molar-refractivity contribution in [1.29, 1.82) is 0 Å². The average molecular weight is 292 g/mol. The molecule has 0 bridgehead atoms. The summed E-state index contributed by atoms with van der Waals surface area (Å²) in [5.74, 6) is -1.55. The number of methoxy groups -OCH3 is 2. The van der Waals surface area contributed by atoms with Crippen molar-refractivity contribution < 1.29 is 22.7 Å². The summed E-state index contributed by atoms with van der Waals surface area (Å²) in [5, 5.41) is 0.261. The summed E-state index contributed by atoms with van der Waals surface area (Å²) in [5.41, 5.74) is -1.24. The Hall–Kier alpha value is -2.63. The van der Waals surface area contributed by atoms with E-state index in [0.29, 0.717) is 5.75 Å². The topological polar surface area (TPSA) is 48.7 Å². The van der Waals surface area contributed by atoms with E-state index >= 15 is 0 Å². The van der Waals surface area contributed by atoms with E-state index in [0.717, 1.165) is 6.07 Å². The first-order valence-electron chi connectivity index (χ1n) is 6.03. The predicted octanol–water partition coefficient (Wildman–Crippen LogP) is 3.24. The van der Waals surface area contributed by atoms with Gasteiger partial charge in [-0.25, -0.2) is 9.18 Å². The average Bonchev–Trinajstić information content (AvgIpc) is 2.50. The molecule has 21 heavy (non-hydrogen) atoms. The molecule has 0 N–H and O–H groups in total. The number of halogens is 2. The fraction of sp³-hybridized carbons (Fsp3) is 0.133. The second kappa shape index (κ2) is 4.73. The molecule has 0 aliphatic rings. The second-order valence-corrected chi connectivity index (χ2v) is 4.38. The van der Waals surface area contributed by atoms with Crippen molar-refractivity contribution in [3.05, 3.63) is 46.3 Å². The van der Waals surface area contributed by atoms with E-state index in [1.807, 2.05) is 0 Å². The monoisotopic (exact) mass is 292 g/mol. The third-order valence-corrected chi connectivity index (χ3v) is 3.27. The molecule has 0 aliphatic heterocycles. The Balaban J connectivity index is 2.55. The minimum Gasteiger partial charge on any atom is -0.497 e. The van der Waals surface area contributed by atoms with E-state index in [2.05, 4.69) is 0 Å². The Morgan fingerprint density at radius 1 is 1.05 bits per heavy atom. The van der Waals surface area contributed by atoms with Crippen LogP contribution in [-0.2, 0) is 0 Å². The Labute approximate surface area is 117 Å². The van der Waals surface area contributed by atoms with E-state index in [4.69, 9.17) is 13.9 Å². The third kappa shape index (κ3) is 1.91. The second-order valence-electron chi connectivity index (χ2n) is 4.38. The van der Waals surface area contributed by atoms with Crippen LogP contribution >= 0.6 is 0 Å². The molecule has 1 heterocycles. The third-order valence-electron chi connectivity index (χ3n) is 3.27. The van der Waals surface area contributed by atoms with Crippen LogP contribution in [0.3, 0.4) is 0 Å². The van der Waals surface area contributed by atoms with Gasteiger partial charge in [0, 0.05) is 11.5 Å². The van der Waals surface area contributed by atoms with Crippen molar-refractivity contribution in [3.63, 3.8) is 0 Å². The molecular formula is C15H10F2O4. The fourth-order valence-electron chi connectivity index (χ4n) is 2.26. The summed E-state index contributed by atoms with van der Waals surface area (Å²) < 4.78 is 43.0. The van der Waals surface area contributed by atoms with Gasteiger partial charge in [-0.2, -0.15) is 4.39 Å². The molecule has 6 heteroatoms. The summed E-state index contributed by atoms with van der Waals surface area (Å²) in [6.45, 7) is 0. The van der Waals surface area contributed by atoms with Gasteiger partial charge in [0.15, 0.2) is 11.3 Å². The van der Waals surface area contributed by atoms with Crippen molar-refractivity contribution >= 4 is 21.7 Å². The Kier molecular flexibility index (Phi) is 3.01. The van der Waals surface area contributed by atoms with Gasteiger partial charge in [0.1, 0.15) is 11.6 Å². The molecule has 0 spiro atoms. The number of ether oxygens (including phenoxy) is 2. The largest absolute Gasteiger partial charge is 0.497 e.